The first-order valence-electron chi connectivity index (χ1n) is 6.54. The lowest BCUT2D eigenvalue weighted by atomic mass is 10.1. The van der Waals surface area contributed by atoms with Crippen LogP contribution < -0.4 is 15.8 Å². The van der Waals surface area contributed by atoms with Gasteiger partial charge in [0, 0.05) is 18.1 Å². The molecule has 0 saturated heterocycles. The molecule has 2 aromatic rings. The van der Waals surface area contributed by atoms with Crippen molar-refractivity contribution in [3.8, 4) is 5.75 Å². The number of halogens is 1. The third-order valence-corrected chi connectivity index (χ3v) is 3.42. The molecule has 5 heteroatoms. The molecule has 0 spiro atoms. The van der Waals surface area contributed by atoms with Gasteiger partial charge >= 0.3 is 0 Å². The summed E-state index contributed by atoms with van der Waals surface area (Å²) in [7, 11) is 1.52. The number of amides is 1. The Labute approximate surface area is 128 Å². The van der Waals surface area contributed by atoms with E-state index in [-0.39, 0.29) is 5.91 Å². The molecule has 0 aliphatic carbocycles. The molecule has 0 atom stereocenters. The minimum atomic E-state index is -0.235. The quantitative estimate of drug-likeness (QED) is 0.892. The highest BCUT2D eigenvalue weighted by molar-refractivity contribution is 6.31. The average Bonchev–Trinajstić information content (AvgIpc) is 2.52. The van der Waals surface area contributed by atoms with Crippen LogP contribution in [0.5, 0.6) is 5.75 Å². The van der Waals surface area contributed by atoms with Crippen LogP contribution in [0.2, 0.25) is 5.02 Å². The van der Waals surface area contributed by atoms with Crippen LogP contribution in [0.15, 0.2) is 42.5 Å². The first kappa shape index (κ1) is 15.4. The number of nitrogens with one attached hydrogen (secondary N) is 1. The molecule has 0 aliphatic rings. The van der Waals surface area contributed by atoms with Gasteiger partial charge in [-0.15, -0.1) is 0 Å². The Bertz CT molecular complexity index is 644. The average molecular weight is 305 g/mol. The lowest BCUT2D eigenvalue weighted by molar-refractivity contribution is 0.0948. The number of nitrogens with two attached hydrogens (primary N) is 1. The molecule has 0 aromatic heterocycles. The van der Waals surface area contributed by atoms with Crippen molar-refractivity contribution < 1.29 is 9.53 Å². The normalized spacial score (nSPS) is 10.2. The van der Waals surface area contributed by atoms with Crippen LogP contribution in [-0.4, -0.2) is 13.0 Å². The maximum absolute atomic E-state index is 12.3. The predicted octanol–water partition coefficient (Wildman–Crippen LogP) is 2.74. The Morgan fingerprint density at radius 2 is 1.95 bits per heavy atom. The minimum Gasteiger partial charge on any atom is -0.496 e. The maximum atomic E-state index is 12.3. The van der Waals surface area contributed by atoms with Crippen LogP contribution in [0, 0.1) is 0 Å². The predicted molar refractivity (Wildman–Crippen MR) is 83.5 cm³/mol. The van der Waals surface area contributed by atoms with Crippen LogP contribution in [-0.2, 0) is 13.1 Å². The van der Waals surface area contributed by atoms with E-state index in [0.29, 0.717) is 29.4 Å². The Kier molecular flexibility index (Phi) is 5.20. The highest BCUT2D eigenvalue weighted by atomic mass is 35.5. The summed E-state index contributed by atoms with van der Waals surface area (Å²) >= 11 is 5.93. The van der Waals surface area contributed by atoms with Gasteiger partial charge < -0.3 is 15.8 Å². The van der Waals surface area contributed by atoms with Gasteiger partial charge in [0.2, 0.25) is 0 Å². The topological polar surface area (TPSA) is 64.3 Å². The maximum Gasteiger partial charge on any atom is 0.255 e. The summed E-state index contributed by atoms with van der Waals surface area (Å²) in [6.45, 7) is 0.842. The minimum absolute atomic E-state index is 0.235. The fraction of sp³-hybridized carbons (Fsp3) is 0.188. The van der Waals surface area contributed by atoms with Crippen LogP contribution >= 0.6 is 11.6 Å². The van der Waals surface area contributed by atoms with Crippen molar-refractivity contribution in [1.29, 1.82) is 0 Å². The number of carbonyl (C=O) groups is 1. The molecule has 0 unspecified atom stereocenters. The second kappa shape index (κ2) is 7.11. The smallest absolute Gasteiger partial charge is 0.255 e. The number of hydrogen-bond donors (Lipinski definition) is 2. The van der Waals surface area contributed by atoms with Crippen molar-refractivity contribution in [2.45, 2.75) is 13.1 Å². The number of ether oxygens (including phenoxy) is 1. The van der Waals surface area contributed by atoms with Gasteiger partial charge in [0.25, 0.3) is 5.91 Å². The van der Waals surface area contributed by atoms with Crippen molar-refractivity contribution in [3.05, 3.63) is 64.2 Å². The van der Waals surface area contributed by atoms with Gasteiger partial charge in [-0.2, -0.15) is 0 Å². The molecule has 21 heavy (non-hydrogen) atoms. The number of rotatable bonds is 5. The lowest BCUT2D eigenvalue weighted by Gasteiger charge is -2.11. The van der Waals surface area contributed by atoms with Gasteiger partial charge in [-0.3, -0.25) is 4.79 Å². The van der Waals surface area contributed by atoms with Crippen molar-refractivity contribution >= 4 is 17.5 Å². The Morgan fingerprint density at radius 3 is 2.62 bits per heavy atom. The van der Waals surface area contributed by atoms with Gasteiger partial charge in [0.15, 0.2) is 0 Å². The molecule has 0 saturated carbocycles. The lowest BCUT2D eigenvalue weighted by Crippen LogP contribution is -2.24. The Hall–Kier alpha value is -2.04. The van der Waals surface area contributed by atoms with Gasteiger partial charge in [0.05, 0.1) is 12.7 Å². The van der Waals surface area contributed by atoms with Crippen molar-refractivity contribution in [3.63, 3.8) is 0 Å². The molecule has 1 amide bonds. The van der Waals surface area contributed by atoms with Crippen molar-refractivity contribution in [2.75, 3.05) is 7.11 Å². The molecule has 0 fully saturated rings. The summed E-state index contributed by atoms with van der Waals surface area (Å²) in [6, 6.07) is 12.7. The molecule has 0 heterocycles. The van der Waals surface area contributed by atoms with E-state index in [9.17, 15) is 4.79 Å². The molecule has 3 N–H and O–H groups in total. The summed E-state index contributed by atoms with van der Waals surface area (Å²) in [6.07, 6.45) is 0. The van der Waals surface area contributed by atoms with E-state index in [0.717, 1.165) is 11.1 Å². The highest BCUT2D eigenvalue weighted by Gasteiger charge is 2.13. The number of methoxy groups -OCH3 is 1. The van der Waals surface area contributed by atoms with Gasteiger partial charge in [-0.25, -0.2) is 0 Å². The Balaban J connectivity index is 2.13. The summed E-state index contributed by atoms with van der Waals surface area (Å²) in [5.41, 5.74) is 8.10. The molecular weight excluding hydrogens is 288 g/mol. The van der Waals surface area contributed by atoms with E-state index < -0.39 is 0 Å². The zero-order valence-corrected chi connectivity index (χ0v) is 12.5. The highest BCUT2D eigenvalue weighted by Crippen LogP contribution is 2.22. The largest absolute Gasteiger partial charge is 0.496 e. The standard InChI is InChI=1S/C16H17ClN2O2/c1-21-15-7-6-13(17)8-14(15)16(20)19-10-12-5-3-2-4-11(12)9-18/h2-8H,9-10,18H2,1H3,(H,19,20). The van der Waals surface area contributed by atoms with E-state index in [1.165, 1.54) is 7.11 Å². The summed E-state index contributed by atoms with van der Waals surface area (Å²) < 4.78 is 5.18. The summed E-state index contributed by atoms with van der Waals surface area (Å²) in [4.78, 5) is 12.3. The second-order valence-electron chi connectivity index (χ2n) is 4.50. The fourth-order valence-electron chi connectivity index (χ4n) is 2.06. The molecule has 0 bridgehead atoms. The van der Waals surface area contributed by atoms with Crippen LogP contribution in [0.4, 0.5) is 0 Å². The first-order chi connectivity index (χ1) is 10.2. The molecular formula is C16H17ClN2O2. The molecule has 110 valence electrons. The molecule has 0 aliphatic heterocycles. The summed E-state index contributed by atoms with van der Waals surface area (Å²) in [5.74, 6) is 0.255. The number of hydrogen-bond acceptors (Lipinski definition) is 3. The van der Waals surface area contributed by atoms with E-state index in [1.807, 2.05) is 24.3 Å². The van der Waals surface area contributed by atoms with Crippen molar-refractivity contribution in [1.82, 2.24) is 5.32 Å². The molecule has 2 aromatic carbocycles. The van der Waals surface area contributed by atoms with Gasteiger partial charge in [-0.1, -0.05) is 35.9 Å². The molecule has 2 rings (SSSR count). The molecule has 4 nitrogen and oxygen atoms in total. The summed E-state index contributed by atoms with van der Waals surface area (Å²) in [5, 5.41) is 3.35. The fourth-order valence-corrected chi connectivity index (χ4v) is 2.23. The van der Waals surface area contributed by atoms with Crippen LogP contribution in [0.25, 0.3) is 0 Å². The Morgan fingerprint density at radius 1 is 1.24 bits per heavy atom. The zero-order valence-electron chi connectivity index (χ0n) is 11.7. The van der Waals surface area contributed by atoms with Crippen molar-refractivity contribution in [2.24, 2.45) is 5.73 Å². The van der Waals surface area contributed by atoms with E-state index >= 15 is 0 Å². The van der Waals surface area contributed by atoms with Crippen LogP contribution in [0.1, 0.15) is 21.5 Å². The molecule has 0 radical (unpaired) electrons. The van der Waals surface area contributed by atoms with Crippen LogP contribution in [0.3, 0.4) is 0 Å². The van der Waals surface area contributed by atoms with E-state index in [4.69, 9.17) is 22.1 Å². The SMILES string of the molecule is COc1ccc(Cl)cc1C(=O)NCc1ccccc1CN. The third kappa shape index (κ3) is 3.74. The number of carbonyl (C=O) groups excluding carboxylic acids is 1. The van der Waals surface area contributed by atoms with E-state index in [1.54, 1.807) is 18.2 Å². The van der Waals surface area contributed by atoms with E-state index in [2.05, 4.69) is 5.32 Å². The van der Waals surface area contributed by atoms with Gasteiger partial charge in [0.1, 0.15) is 5.75 Å². The first-order valence-corrected chi connectivity index (χ1v) is 6.92. The van der Waals surface area contributed by atoms with Gasteiger partial charge in [-0.05, 0) is 29.3 Å². The third-order valence-electron chi connectivity index (χ3n) is 3.18. The zero-order chi connectivity index (χ0) is 15.2. The monoisotopic (exact) mass is 304 g/mol. The second-order valence-corrected chi connectivity index (χ2v) is 4.94. The number of benzene rings is 2.